The molecule has 36 heavy (non-hydrogen) atoms. The van der Waals surface area contributed by atoms with Crippen molar-refractivity contribution in [3.63, 3.8) is 0 Å². The summed E-state index contributed by atoms with van der Waals surface area (Å²) in [4.78, 5) is 16.8. The molecule has 0 bridgehead atoms. The third-order valence-corrected chi connectivity index (χ3v) is 6.70. The van der Waals surface area contributed by atoms with E-state index < -0.39 is 5.91 Å². The average Bonchev–Trinajstić information content (AvgIpc) is 2.87. The lowest BCUT2D eigenvalue weighted by atomic mass is 9.98. The Morgan fingerprint density at radius 3 is 2.28 bits per heavy atom. The number of nitrogens with two attached hydrogens (primary N) is 1. The van der Waals surface area contributed by atoms with Gasteiger partial charge in [0.1, 0.15) is 5.75 Å². The molecular weight excluding hydrogens is 450 g/mol. The minimum atomic E-state index is -0.508. The van der Waals surface area contributed by atoms with Gasteiger partial charge in [0.2, 0.25) is 0 Å². The van der Waals surface area contributed by atoms with E-state index in [4.69, 9.17) is 15.6 Å². The van der Waals surface area contributed by atoms with Crippen molar-refractivity contribution in [2.75, 3.05) is 19.0 Å². The molecule has 6 heteroatoms. The first-order chi connectivity index (χ1) is 17.5. The lowest BCUT2D eigenvalue weighted by molar-refractivity contribution is 0.100. The number of methoxy groups -OCH3 is 1. The number of hydrogen-bond acceptors (Lipinski definition) is 5. The van der Waals surface area contributed by atoms with Crippen LogP contribution in [0.1, 0.15) is 85.7 Å². The number of anilines is 2. The maximum atomic E-state index is 12.2. The Bertz CT molecular complexity index is 1130. The summed E-state index contributed by atoms with van der Waals surface area (Å²) < 4.78 is 5.35. The molecule has 1 amide bonds. The first-order valence-corrected chi connectivity index (χ1v) is 13.3. The van der Waals surface area contributed by atoms with E-state index in [9.17, 15) is 4.79 Å². The Morgan fingerprint density at radius 1 is 0.972 bits per heavy atom. The highest BCUT2D eigenvalue weighted by molar-refractivity contribution is 6.08. The van der Waals surface area contributed by atoms with E-state index in [1.54, 1.807) is 13.3 Å². The van der Waals surface area contributed by atoms with Crippen LogP contribution in [0.4, 0.5) is 11.4 Å². The van der Waals surface area contributed by atoms with E-state index in [0.29, 0.717) is 17.9 Å². The number of unbranched alkanes of at least 4 members (excludes halogenated alkanes) is 9. The fourth-order valence-electron chi connectivity index (χ4n) is 4.72. The van der Waals surface area contributed by atoms with Crippen molar-refractivity contribution < 1.29 is 14.6 Å². The van der Waals surface area contributed by atoms with E-state index in [2.05, 4.69) is 29.4 Å². The summed E-state index contributed by atoms with van der Waals surface area (Å²) in [6.45, 7) is 2.39. The predicted octanol–water partition coefficient (Wildman–Crippen LogP) is 6.83. The molecule has 1 aromatic heterocycles. The SMILES string of the molecule is COc1cccc(Nc2c(C(N)=O)cnc3c(C)cc(CCCCCCCCCCCCO)cc23)c1. The third-order valence-electron chi connectivity index (χ3n) is 6.70. The standard InChI is InChI=1S/C30H41N3O3/c1-22-18-23(14-11-9-7-5-3-4-6-8-10-12-17-34)19-26-28(22)32-21-27(30(31)35)29(26)33-24-15-13-16-25(20-24)36-2/h13,15-16,18-21,34H,3-12,14,17H2,1-2H3,(H2,31,35)(H,32,33). The Balaban J connectivity index is 1.65. The number of carbonyl (C=O) groups is 1. The summed E-state index contributed by atoms with van der Waals surface area (Å²) in [5.41, 5.74) is 10.8. The molecule has 0 aliphatic carbocycles. The number of fused-ring (bicyclic) bond motifs is 1. The molecule has 0 unspecified atom stereocenters. The van der Waals surface area contributed by atoms with E-state index in [1.165, 1.54) is 50.5 Å². The van der Waals surface area contributed by atoms with Crippen LogP contribution in [-0.4, -0.2) is 29.7 Å². The van der Waals surface area contributed by atoms with Crippen LogP contribution in [0.15, 0.2) is 42.6 Å². The molecule has 0 saturated heterocycles. The van der Waals surface area contributed by atoms with Crippen molar-refractivity contribution in [3.05, 3.63) is 59.3 Å². The van der Waals surface area contributed by atoms with Crippen LogP contribution in [0.2, 0.25) is 0 Å². The maximum Gasteiger partial charge on any atom is 0.252 e. The number of amides is 1. The van der Waals surface area contributed by atoms with Crippen LogP contribution >= 0.6 is 0 Å². The van der Waals surface area contributed by atoms with Gasteiger partial charge in [-0.05, 0) is 55.5 Å². The zero-order chi connectivity index (χ0) is 25.8. The van der Waals surface area contributed by atoms with Crippen molar-refractivity contribution in [2.24, 2.45) is 5.73 Å². The number of pyridine rings is 1. The number of ether oxygens (including phenoxy) is 1. The van der Waals surface area contributed by atoms with Gasteiger partial charge < -0.3 is 20.9 Å². The molecule has 2 aromatic carbocycles. The summed E-state index contributed by atoms with van der Waals surface area (Å²) in [5.74, 6) is 0.226. The van der Waals surface area contributed by atoms with Gasteiger partial charge in [0.15, 0.2) is 0 Å². The van der Waals surface area contributed by atoms with Gasteiger partial charge in [-0.3, -0.25) is 9.78 Å². The Labute approximate surface area is 215 Å². The largest absolute Gasteiger partial charge is 0.497 e. The molecule has 6 nitrogen and oxygen atoms in total. The number of hydrogen-bond donors (Lipinski definition) is 3. The molecule has 0 aliphatic rings. The van der Waals surface area contributed by atoms with Crippen LogP contribution < -0.4 is 15.8 Å². The molecule has 3 rings (SSSR count). The van der Waals surface area contributed by atoms with Crippen molar-refractivity contribution in [1.29, 1.82) is 0 Å². The van der Waals surface area contributed by atoms with E-state index >= 15 is 0 Å². The normalized spacial score (nSPS) is 11.1. The number of rotatable bonds is 16. The topological polar surface area (TPSA) is 97.5 Å². The smallest absolute Gasteiger partial charge is 0.252 e. The van der Waals surface area contributed by atoms with Crippen molar-refractivity contribution in [1.82, 2.24) is 4.98 Å². The van der Waals surface area contributed by atoms with E-state index in [1.807, 2.05) is 24.3 Å². The number of aliphatic hydroxyl groups excluding tert-OH is 1. The number of carbonyl (C=O) groups excluding carboxylic acids is 1. The summed E-state index contributed by atoms with van der Waals surface area (Å²) in [6, 6.07) is 12.0. The summed E-state index contributed by atoms with van der Waals surface area (Å²) in [6.07, 6.45) is 14.7. The zero-order valence-corrected chi connectivity index (χ0v) is 21.8. The molecule has 194 valence electrons. The molecule has 0 atom stereocenters. The van der Waals surface area contributed by atoms with Gasteiger partial charge in [-0.2, -0.15) is 0 Å². The number of benzene rings is 2. The molecule has 3 aromatic rings. The Morgan fingerprint density at radius 2 is 1.64 bits per heavy atom. The number of aliphatic hydroxyl groups is 1. The Kier molecular flexibility index (Phi) is 11.0. The molecule has 0 radical (unpaired) electrons. The molecule has 0 fully saturated rings. The molecule has 0 saturated carbocycles. The average molecular weight is 492 g/mol. The van der Waals surface area contributed by atoms with E-state index in [-0.39, 0.29) is 0 Å². The second-order valence-corrected chi connectivity index (χ2v) is 9.59. The summed E-state index contributed by atoms with van der Waals surface area (Å²) in [5, 5.41) is 13.1. The summed E-state index contributed by atoms with van der Waals surface area (Å²) >= 11 is 0. The highest BCUT2D eigenvalue weighted by Crippen LogP contribution is 2.33. The molecule has 0 spiro atoms. The molecular formula is C30H41N3O3. The van der Waals surface area contributed by atoms with E-state index in [0.717, 1.165) is 53.6 Å². The van der Waals surface area contributed by atoms with Gasteiger partial charge in [0.05, 0.1) is 23.9 Å². The minimum absolute atomic E-state index is 0.319. The third kappa shape index (κ3) is 7.95. The van der Waals surface area contributed by atoms with Gasteiger partial charge in [0.25, 0.3) is 5.91 Å². The number of aromatic nitrogens is 1. The van der Waals surface area contributed by atoms with Crippen LogP contribution in [0, 0.1) is 6.92 Å². The lowest BCUT2D eigenvalue weighted by Crippen LogP contribution is -2.14. The number of aryl methyl sites for hydroxylation is 2. The van der Waals surface area contributed by atoms with Crippen LogP contribution in [0.5, 0.6) is 5.75 Å². The van der Waals surface area contributed by atoms with Crippen LogP contribution in [0.3, 0.4) is 0 Å². The fraction of sp³-hybridized carbons (Fsp3) is 0.467. The quantitative estimate of drug-likeness (QED) is 0.191. The second-order valence-electron chi connectivity index (χ2n) is 9.59. The molecule has 0 aliphatic heterocycles. The molecule has 1 heterocycles. The predicted molar refractivity (Wildman–Crippen MR) is 148 cm³/mol. The summed E-state index contributed by atoms with van der Waals surface area (Å²) in [7, 11) is 1.63. The minimum Gasteiger partial charge on any atom is -0.497 e. The lowest BCUT2D eigenvalue weighted by Gasteiger charge is -2.16. The number of nitrogens with one attached hydrogen (secondary N) is 1. The Hall–Kier alpha value is -3.12. The van der Waals surface area contributed by atoms with Crippen molar-refractivity contribution in [3.8, 4) is 5.75 Å². The highest BCUT2D eigenvalue weighted by Gasteiger charge is 2.16. The maximum absolute atomic E-state index is 12.2. The zero-order valence-electron chi connectivity index (χ0n) is 21.8. The van der Waals surface area contributed by atoms with Gasteiger partial charge >= 0.3 is 0 Å². The second kappa shape index (κ2) is 14.4. The van der Waals surface area contributed by atoms with Gasteiger partial charge in [-0.15, -0.1) is 0 Å². The highest BCUT2D eigenvalue weighted by atomic mass is 16.5. The number of primary amides is 1. The van der Waals surface area contributed by atoms with Crippen LogP contribution in [-0.2, 0) is 6.42 Å². The molecule has 4 N–H and O–H groups in total. The van der Waals surface area contributed by atoms with Crippen molar-refractivity contribution in [2.45, 2.75) is 77.6 Å². The number of nitrogens with zero attached hydrogens (tertiary/aromatic N) is 1. The first-order valence-electron chi connectivity index (χ1n) is 13.3. The van der Waals surface area contributed by atoms with Crippen LogP contribution in [0.25, 0.3) is 10.9 Å². The van der Waals surface area contributed by atoms with Gasteiger partial charge in [-0.25, -0.2) is 0 Å². The van der Waals surface area contributed by atoms with Crippen molar-refractivity contribution >= 4 is 28.2 Å². The monoisotopic (exact) mass is 491 g/mol. The van der Waals surface area contributed by atoms with Gasteiger partial charge in [0, 0.05) is 29.9 Å². The first kappa shape index (κ1) is 27.5. The van der Waals surface area contributed by atoms with Gasteiger partial charge in [-0.1, -0.05) is 63.5 Å². The fourth-order valence-corrected chi connectivity index (χ4v) is 4.72.